The van der Waals surface area contributed by atoms with Gasteiger partial charge in [-0.1, -0.05) is 54.5 Å². The van der Waals surface area contributed by atoms with Crippen LogP contribution in [0.4, 0.5) is 0 Å². The van der Waals surface area contributed by atoms with Crippen LogP contribution in [-0.4, -0.2) is 41.1 Å². The Labute approximate surface area is 202 Å². The summed E-state index contributed by atoms with van der Waals surface area (Å²) in [7, 11) is 0. The zero-order valence-corrected chi connectivity index (χ0v) is 20.4. The number of nitrogens with zero attached hydrogens (tertiary/aromatic N) is 5. The van der Waals surface area contributed by atoms with Crippen molar-refractivity contribution in [2.45, 2.75) is 30.2 Å². The fourth-order valence-electron chi connectivity index (χ4n) is 3.14. The van der Waals surface area contributed by atoms with Crippen LogP contribution in [-0.2, 0) is 0 Å². The number of aromatic nitrogens is 5. The summed E-state index contributed by atoms with van der Waals surface area (Å²) >= 11 is 15.3. The third kappa shape index (κ3) is 4.38. The number of aromatic carboxylic acids is 1. The van der Waals surface area contributed by atoms with Crippen LogP contribution >= 0.6 is 46.3 Å². The Morgan fingerprint density at radius 2 is 1.88 bits per heavy atom. The Kier molecular flexibility index (Phi) is 6.52. The van der Waals surface area contributed by atoms with Gasteiger partial charge >= 0.3 is 5.97 Å². The van der Waals surface area contributed by atoms with Gasteiger partial charge in [0.2, 0.25) is 5.13 Å². The van der Waals surface area contributed by atoms with Crippen molar-refractivity contribution in [3.05, 3.63) is 58.4 Å². The molecule has 0 atom stereocenters. The van der Waals surface area contributed by atoms with Gasteiger partial charge in [-0.3, -0.25) is 0 Å². The van der Waals surface area contributed by atoms with E-state index in [1.165, 1.54) is 22.3 Å². The highest BCUT2D eigenvalue weighted by Crippen LogP contribution is 2.41. The summed E-state index contributed by atoms with van der Waals surface area (Å²) in [5, 5.41) is 16.1. The summed E-state index contributed by atoms with van der Waals surface area (Å²) in [6.07, 6.45) is 4.52. The lowest BCUT2D eigenvalue weighted by Gasteiger charge is -2.05. The second kappa shape index (κ2) is 9.19. The Hall–Kier alpha value is -2.46. The molecular formula is C21H17Cl2N5O2S2. The van der Waals surface area contributed by atoms with E-state index in [9.17, 15) is 9.90 Å². The highest BCUT2D eigenvalue weighted by molar-refractivity contribution is 8.01. The maximum Gasteiger partial charge on any atom is 0.355 e. The van der Waals surface area contributed by atoms with Crippen LogP contribution in [0, 0.1) is 6.92 Å². The Balaban J connectivity index is 1.92. The Bertz CT molecular complexity index is 1310. The van der Waals surface area contributed by atoms with E-state index in [-0.39, 0.29) is 5.69 Å². The predicted octanol–water partition coefficient (Wildman–Crippen LogP) is 6.27. The number of rotatable bonds is 6. The second-order valence-corrected chi connectivity index (χ2v) is 10.7. The van der Waals surface area contributed by atoms with E-state index in [4.69, 9.17) is 28.2 Å². The first-order valence-electron chi connectivity index (χ1n) is 9.47. The third-order valence-corrected chi connectivity index (χ3v) is 7.40. The number of carbonyl (C=O) groups is 1. The van der Waals surface area contributed by atoms with Crippen molar-refractivity contribution in [2.24, 2.45) is 0 Å². The molecule has 164 valence electrons. The average molecular weight is 506 g/mol. The fraction of sp³-hybridized carbons (Fsp3) is 0.190. The van der Waals surface area contributed by atoms with Gasteiger partial charge in [0.1, 0.15) is 6.33 Å². The maximum absolute atomic E-state index is 12.3. The van der Waals surface area contributed by atoms with Gasteiger partial charge < -0.3 is 5.11 Å². The molecule has 0 aliphatic carbocycles. The van der Waals surface area contributed by atoms with Gasteiger partial charge in [0.15, 0.2) is 5.69 Å². The second-order valence-electron chi connectivity index (χ2n) is 7.08. The van der Waals surface area contributed by atoms with Crippen LogP contribution in [0.25, 0.3) is 27.5 Å². The van der Waals surface area contributed by atoms with Crippen LogP contribution in [0.3, 0.4) is 0 Å². The molecule has 0 unspecified atom stereocenters. The molecule has 0 saturated carbocycles. The molecule has 0 saturated heterocycles. The summed E-state index contributed by atoms with van der Waals surface area (Å²) in [6, 6.07) is 5.32. The molecule has 7 nitrogen and oxygen atoms in total. The molecule has 32 heavy (non-hydrogen) atoms. The number of carboxylic acid groups (broad SMARTS) is 1. The molecule has 0 aliphatic rings. The minimum Gasteiger partial charge on any atom is -0.476 e. The minimum absolute atomic E-state index is 0.00726. The minimum atomic E-state index is -1.12. The highest BCUT2D eigenvalue weighted by atomic mass is 35.5. The van der Waals surface area contributed by atoms with Crippen molar-refractivity contribution in [3.63, 3.8) is 0 Å². The average Bonchev–Trinajstić information content (AvgIpc) is 3.31. The smallest absolute Gasteiger partial charge is 0.355 e. The molecule has 1 aromatic carbocycles. The van der Waals surface area contributed by atoms with Crippen LogP contribution < -0.4 is 0 Å². The summed E-state index contributed by atoms with van der Waals surface area (Å²) in [5.74, 6) is -1.12. The van der Waals surface area contributed by atoms with Gasteiger partial charge in [-0.15, -0.1) is 11.8 Å². The standard InChI is InChI=1S/C21H17Cl2N5O2S2/c1-10(2)31-20-17(12-4-5-14(22)15(23)6-12)26-21(32-20)28-18(19(29)30)16(11(3)27-28)13-7-24-9-25-8-13/h4-10H,1-3H3,(H,29,30). The predicted molar refractivity (Wildman–Crippen MR) is 128 cm³/mol. The quantitative estimate of drug-likeness (QED) is 0.308. The lowest BCUT2D eigenvalue weighted by atomic mass is 10.1. The molecular weight excluding hydrogens is 489 g/mol. The zero-order chi connectivity index (χ0) is 23.0. The van der Waals surface area contributed by atoms with Crippen molar-refractivity contribution < 1.29 is 9.90 Å². The van der Waals surface area contributed by atoms with E-state index in [0.29, 0.717) is 42.9 Å². The van der Waals surface area contributed by atoms with Crippen LogP contribution in [0.5, 0.6) is 0 Å². The Morgan fingerprint density at radius 3 is 2.50 bits per heavy atom. The van der Waals surface area contributed by atoms with E-state index in [1.807, 2.05) is 6.07 Å². The first-order valence-corrected chi connectivity index (χ1v) is 11.9. The Morgan fingerprint density at radius 1 is 1.16 bits per heavy atom. The van der Waals surface area contributed by atoms with E-state index >= 15 is 0 Å². The highest BCUT2D eigenvalue weighted by Gasteiger charge is 2.27. The molecule has 1 N–H and O–H groups in total. The first-order chi connectivity index (χ1) is 15.3. The molecule has 3 heterocycles. The number of benzene rings is 1. The lowest BCUT2D eigenvalue weighted by Crippen LogP contribution is -2.09. The molecule has 0 amide bonds. The van der Waals surface area contributed by atoms with Gasteiger partial charge in [0.05, 0.1) is 25.6 Å². The van der Waals surface area contributed by atoms with Gasteiger partial charge in [0, 0.05) is 34.3 Å². The largest absolute Gasteiger partial charge is 0.476 e. The van der Waals surface area contributed by atoms with Gasteiger partial charge in [-0.2, -0.15) is 9.78 Å². The van der Waals surface area contributed by atoms with Crippen LogP contribution in [0.1, 0.15) is 30.0 Å². The summed E-state index contributed by atoms with van der Waals surface area (Å²) < 4.78 is 2.30. The topological polar surface area (TPSA) is 93.8 Å². The van der Waals surface area contributed by atoms with E-state index in [2.05, 4.69) is 28.9 Å². The van der Waals surface area contributed by atoms with Crippen molar-refractivity contribution in [1.82, 2.24) is 24.7 Å². The number of aryl methyl sites for hydroxylation is 1. The normalized spacial score (nSPS) is 11.3. The third-order valence-electron chi connectivity index (χ3n) is 4.41. The lowest BCUT2D eigenvalue weighted by molar-refractivity contribution is 0.0688. The maximum atomic E-state index is 12.3. The van der Waals surface area contributed by atoms with Crippen molar-refractivity contribution >= 4 is 52.3 Å². The number of hydrogen-bond acceptors (Lipinski definition) is 7. The van der Waals surface area contributed by atoms with Gasteiger partial charge in [-0.05, 0) is 19.1 Å². The first kappa shape index (κ1) is 22.7. The number of hydrogen-bond donors (Lipinski definition) is 1. The number of thioether (sulfide) groups is 1. The van der Waals surface area contributed by atoms with Crippen molar-refractivity contribution in [2.75, 3.05) is 0 Å². The molecule has 4 aromatic rings. The van der Waals surface area contributed by atoms with Gasteiger partial charge in [-0.25, -0.2) is 19.7 Å². The number of halogens is 2. The number of thiazole rings is 1. The number of carboxylic acids is 1. The molecule has 0 spiro atoms. The summed E-state index contributed by atoms with van der Waals surface area (Å²) in [4.78, 5) is 25.0. The van der Waals surface area contributed by atoms with Crippen molar-refractivity contribution in [3.8, 4) is 27.5 Å². The van der Waals surface area contributed by atoms with Crippen LogP contribution in [0.2, 0.25) is 10.0 Å². The van der Waals surface area contributed by atoms with E-state index in [0.717, 1.165) is 9.77 Å². The molecule has 0 radical (unpaired) electrons. The molecule has 3 aromatic heterocycles. The zero-order valence-electron chi connectivity index (χ0n) is 17.2. The summed E-state index contributed by atoms with van der Waals surface area (Å²) in [5.41, 5.74) is 3.09. The molecule has 0 fully saturated rings. The van der Waals surface area contributed by atoms with E-state index < -0.39 is 5.97 Å². The summed E-state index contributed by atoms with van der Waals surface area (Å²) in [6.45, 7) is 5.91. The van der Waals surface area contributed by atoms with Gasteiger partial charge in [0.25, 0.3) is 0 Å². The van der Waals surface area contributed by atoms with Crippen molar-refractivity contribution in [1.29, 1.82) is 0 Å². The molecule has 0 aliphatic heterocycles. The molecule has 0 bridgehead atoms. The monoisotopic (exact) mass is 505 g/mol. The SMILES string of the molecule is Cc1nn(-c2nc(-c3ccc(Cl)c(Cl)c3)c(SC(C)C)s2)c(C(=O)O)c1-c1cncnc1. The van der Waals surface area contributed by atoms with E-state index in [1.54, 1.807) is 43.2 Å². The van der Waals surface area contributed by atoms with Crippen LogP contribution in [0.15, 0.2) is 41.1 Å². The molecule has 4 rings (SSSR count). The fourth-order valence-corrected chi connectivity index (χ4v) is 5.92. The molecule has 11 heteroatoms.